The minimum atomic E-state index is -0.307. The molecule has 1 aliphatic heterocycles. The third-order valence-electron chi connectivity index (χ3n) is 4.28. The highest BCUT2D eigenvalue weighted by atomic mass is 19.1. The summed E-state index contributed by atoms with van der Waals surface area (Å²) in [5, 5.41) is 0. The molecule has 3 nitrogen and oxygen atoms in total. The average molecular weight is 293 g/mol. The quantitative estimate of drug-likeness (QED) is 0.754. The first kappa shape index (κ1) is 16.1. The van der Waals surface area contributed by atoms with Gasteiger partial charge in [-0.1, -0.05) is 0 Å². The minimum absolute atomic E-state index is 0.0563. The predicted molar refractivity (Wildman–Crippen MR) is 81.1 cm³/mol. The Morgan fingerprint density at radius 2 is 2.10 bits per heavy atom. The highest BCUT2D eigenvalue weighted by Gasteiger charge is 2.30. The van der Waals surface area contributed by atoms with Gasteiger partial charge in [0.2, 0.25) is 0 Å². The lowest BCUT2D eigenvalue weighted by molar-refractivity contribution is -0.0507. The molecule has 0 spiro atoms. The van der Waals surface area contributed by atoms with Crippen molar-refractivity contribution in [2.75, 3.05) is 26.7 Å². The van der Waals surface area contributed by atoms with E-state index in [-0.39, 0.29) is 17.2 Å². The predicted octanol–water partition coefficient (Wildman–Crippen LogP) is 3.29. The second-order valence-corrected chi connectivity index (χ2v) is 6.07. The number of Topliss-reactive ketones (excluding diaryl/α,β-unsaturated/α-hetero) is 1. The van der Waals surface area contributed by atoms with E-state index in [0.717, 1.165) is 38.9 Å². The van der Waals surface area contributed by atoms with E-state index in [1.165, 1.54) is 12.1 Å². The molecule has 0 saturated carbocycles. The number of piperidine rings is 1. The molecule has 21 heavy (non-hydrogen) atoms. The fraction of sp³-hybridized carbons (Fsp3) is 0.588. The molecule has 0 aromatic heterocycles. The van der Waals surface area contributed by atoms with E-state index in [0.29, 0.717) is 12.0 Å². The number of rotatable bonds is 6. The Bertz CT molecular complexity index is 474. The molecule has 1 aromatic rings. The molecule has 1 unspecified atom stereocenters. The number of carbonyl (C=O) groups is 1. The third kappa shape index (κ3) is 4.61. The molecule has 0 amide bonds. The fourth-order valence-electron chi connectivity index (χ4n) is 2.91. The standard InChI is InChI=1S/C17H24FNO2/c1-17(21-2)10-4-12-19(13-17)11-3-5-16(20)14-6-8-15(18)9-7-14/h6-9H,3-5,10-13H2,1-2H3. The van der Waals surface area contributed by atoms with Crippen LogP contribution in [0.3, 0.4) is 0 Å². The molecule has 4 heteroatoms. The SMILES string of the molecule is COC1(C)CCCN(CCCC(=O)c2ccc(F)cc2)C1. The molecule has 0 bridgehead atoms. The average Bonchev–Trinajstić information content (AvgIpc) is 2.48. The lowest BCUT2D eigenvalue weighted by Crippen LogP contribution is -2.47. The number of hydrogen-bond donors (Lipinski definition) is 0. The maximum atomic E-state index is 12.8. The van der Waals surface area contributed by atoms with E-state index in [9.17, 15) is 9.18 Å². The number of ketones is 1. The monoisotopic (exact) mass is 293 g/mol. The largest absolute Gasteiger partial charge is 0.377 e. The van der Waals surface area contributed by atoms with Gasteiger partial charge in [0.25, 0.3) is 0 Å². The molecule has 0 radical (unpaired) electrons. The Labute approximate surface area is 126 Å². The maximum Gasteiger partial charge on any atom is 0.162 e. The van der Waals surface area contributed by atoms with Gasteiger partial charge in [0.15, 0.2) is 5.78 Å². The van der Waals surface area contributed by atoms with E-state index in [4.69, 9.17) is 4.74 Å². The number of nitrogens with zero attached hydrogens (tertiary/aromatic N) is 1. The molecule has 1 saturated heterocycles. The van der Waals surface area contributed by atoms with Crippen molar-refractivity contribution in [1.82, 2.24) is 4.90 Å². The van der Waals surface area contributed by atoms with Crippen molar-refractivity contribution in [2.24, 2.45) is 0 Å². The summed E-state index contributed by atoms with van der Waals surface area (Å²) in [4.78, 5) is 14.4. The topological polar surface area (TPSA) is 29.5 Å². The number of benzene rings is 1. The lowest BCUT2D eigenvalue weighted by atomic mass is 9.94. The van der Waals surface area contributed by atoms with Gasteiger partial charge in [0.05, 0.1) is 5.60 Å². The first-order valence-electron chi connectivity index (χ1n) is 7.59. The molecule has 1 aliphatic rings. The van der Waals surface area contributed by atoms with Crippen molar-refractivity contribution in [3.05, 3.63) is 35.6 Å². The van der Waals surface area contributed by atoms with Crippen molar-refractivity contribution < 1.29 is 13.9 Å². The molecule has 0 aliphatic carbocycles. The van der Waals surface area contributed by atoms with Crippen LogP contribution in [-0.4, -0.2) is 43.0 Å². The summed E-state index contributed by atoms with van der Waals surface area (Å²) in [5.41, 5.74) is 0.538. The highest BCUT2D eigenvalue weighted by Crippen LogP contribution is 2.24. The number of hydrogen-bond acceptors (Lipinski definition) is 3. The van der Waals surface area contributed by atoms with Crippen LogP contribution in [0.25, 0.3) is 0 Å². The Morgan fingerprint density at radius 3 is 2.76 bits per heavy atom. The number of likely N-dealkylation sites (tertiary alicyclic amines) is 1. The molecule has 0 N–H and O–H groups in total. The van der Waals surface area contributed by atoms with E-state index in [1.54, 1.807) is 19.2 Å². The van der Waals surface area contributed by atoms with Crippen LogP contribution in [0.4, 0.5) is 4.39 Å². The van der Waals surface area contributed by atoms with Crippen LogP contribution in [0.15, 0.2) is 24.3 Å². The Balaban J connectivity index is 1.76. The van der Waals surface area contributed by atoms with Crippen LogP contribution in [0, 0.1) is 5.82 Å². The molecule has 116 valence electrons. The number of methoxy groups -OCH3 is 1. The highest BCUT2D eigenvalue weighted by molar-refractivity contribution is 5.95. The molecule has 1 fully saturated rings. The molecule has 1 aromatic carbocycles. The summed E-state index contributed by atoms with van der Waals surface area (Å²) in [6.45, 7) is 5.05. The molecule has 2 rings (SSSR count). The van der Waals surface area contributed by atoms with Crippen LogP contribution < -0.4 is 0 Å². The number of carbonyl (C=O) groups excluding carboxylic acids is 1. The summed E-state index contributed by atoms with van der Waals surface area (Å²) in [6.07, 6.45) is 3.56. The van der Waals surface area contributed by atoms with E-state index in [2.05, 4.69) is 11.8 Å². The van der Waals surface area contributed by atoms with Gasteiger partial charge in [-0.2, -0.15) is 0 Å². The van der Waals surface area contributed by atoms with E-state index in [1.807, 2.05) is 0 Å². The normalized spacial score (nSPS) is 23.2. The zero-order chi connectivity index (χ0) is 15.3. The molecule has 1 atom stereocenters. The Hall–Kier alpha value is -1.26. The van der Waals surface area contributed by atoms with Crippen LogP contribution in [0.5, 0.6) is 0 Å². The first-order valence-corrected chi connectivity index (χ1v) is 7.59. The number of halogens is 1. The van der Waals surface area contributed by atoms with Gasteiger partial charge in [-0.25, -0.2) is 4.39 Å². The summed E-state index contributed by atoms with van der Waals surface area (Å²) in [6, 6.07) is 5.78. The lowest BCUT2D eigenvalue weighted by Gasteiger charge is -2.39. The number of ether oxygens (including phenoxy) is 1. The summed E-state index contributed by atoms with van der Waals surface area (Å²) < 4.78 is 18.4. The second-order valence-electron chi connectivity index (χ2n) is 6.07. The van der Waals surface area contributed by atoms with Gasteiger partial charge in [0, 0.05) is 25.6 Å². The zero-order valence-electron chi connectivity index (χ0n) is 12.9. The minimum Gasteiger partial charge on any atom is -0.377 e. The van der Waals surface area contributed by atoms with Crippen LogP contribution >= 0.6 is 0 Å². The molecular weight excluding hydrogens is 269 g/mol. The Kier molecular flexibility index (Phi) is 5.48. The fourth-order valence-corrected chi connectivity index (χ4v) is 2.91. The second kappa shape index (κ2) is 7.14. The Morgan fingerprint density at radius 1 is 1.38 bits per heavy atom. The van der Waals surface area contributed by atoms with Gasteiger partial charge in [-0.05, 0) is 63.5 Å². The van der Waals surface area contributed by atoms with Gasteiger partial charge in [0.1, 0.15) is 5.82 Å². The van der Waals surface area contributed by atoms with Gasteiger partial charge in [-0.15, -0.1) is 0 Å². The van der Waals surface area contributed by atoms with Crippen molar-refractivity contribution >= 4 is 5.78 Å². The third-order valence-corrected chi connectivity index (χ3v) is 4.28. The van der Waals surface area contributed by atoms with E-state index >= 15 is 0 Å². The van der Waals surface area contributed by atoms with Crippen LogP contribution in [0.2, 0.25) is 0 Å². The summed E-state index contributed by atoms with van der Waals surface area (Å²) in [5.74, 6) is -0.222. The summed E-state index contributed by atoms with van der Waals surface area (Å²) in [7, 11) is 1.77. The van der Waals surface area contributed by atoms with Crippen LogP contribution in [-0.2, 0) is 4.74 Å². The van der Waals surface area contributed by atoms with E-state index < -0.39 is 0 Å². The summed E-state index contributed by atoms with van der Waals surface area (Å²) >= 11 is 0. The maximum absolute atomic E-state index is 12.8. The van der Waals surface area contributed by atoms with Crippen LogP contribution in [0.1, 0.15) is 43.0 Å². The molecule has 1 heterocycles. The molecular formula is C17H24FNO2. The van der Waals surface area contributed by atoms with Gasteiger partial charge >= 0.3 is 0 Å². The zero-order valence-corrected chi connectivity index (χ0v) is 12.9. The van der Waals surface area contributed by atoms with Crippen molar-refractivity contribution in [2.45, 2.75) is 38.2 Å². The van der Waals surface area contributed by atoms with Crippen molar-refractivity contribution in [3.63, 3.8) is 0 Å². The first-order chi connectivity index (χ1) is 10.0. The smallest absolute Gasteiger partial charge is 0.162 e. The van der Waals surface area contributed by atoms with Gasteiger partial charge in [-0.3, -0.25) is 4.79 Å². The van der Waals surface area contributed by atoms with Gasteiger partial charge < -0.3 is 9.64 Å². The van der Waals surface area contributed by atoms with Crippen molar-refractivity contribution in [1.29, 1.82) is 0 Å². The van der Waals surface area contributed by atoms with Crippen molar-refractivity contribution in [3.8, 4) is 0 Å².